The number of methoxy groups -OCH3 is 1. The van der Waals surface area contributed by atoms with Crippen LogP contribution < -0.4 is 0 Å². The van der Waals surface area contributed by atoms with E-state index < -0.39 is 0 Å². The molecule has 0 fully saturated rings. The minimum Gasteiger partial charge on any atom is -0.469 e. The van der Waals surface area contributed by atoms with Crippen molar-refractivity contribution in [2.24, 2.45) is 5.92 Å². The van der Waals surface area contributed by atoms with Gasteiger partial charge < -0.3 is 14.6 Å². The molecule has 0 heterocycles. The highest BCUT2D eigenvalue weighted by Crippen LogP contribution is 2.14. The van der Waals surface area contributed by atoms with E-state index in [1.54, 1.807) is 0 Å². The molecule has 0 aliphatic rings. The van der Waals surface area contributed by atoms with Gasteiger partial charge in [0.25, 0.3) is 0 Å². The minimum atomic E-state index is -0.282. The summed E-state index contributed by atoms with van der Waals surface area (Å²) in [4.78, 5) is 25.7. The Morgan fingerprint density at radius 1 is 0.788 bits per heavy atom. The van der Waals surface area contributed by atoms with Gasteiger partial charge in [0.2, 0.25) is 0 Å². The maximum absolute atomic E-state index is 12.2. The van der Waals surface area contributed by atoms with Gasteiger partial charge in [-0.25, -0.2) is 0 Å². The molecule has 0 saturated heterocycles. The number of esters is 2. The molecule has 1 N–H and O–H groups in total. The topological polar surface area (TPSA) is 76.1 Å². The van der Waals surface area contributed by atoms with Crippen LogP contribution in [0.3, 0.4) is 0 Å². The highest BCUT2D eigenvalue weighted by molar-refractivity contribution is 5.70. The summed E-state index contributed by atoms with van der Waals surface area (Å²) in [6.07, 6.45) is 16.7. The summed E-state index contributed by atoms with van der Waals surface area (Å²) in [5.41, 5.74) is 0. The van der Waals surface area contributed by atoms with E-state index in [1.165, 1.54) is 71.3 Å². The Morgan fingerprint density at radius 2 is 1.27 bits per heavy atom. The standard InChI is InChI=1S/C27H53NO5/c1-5-6-7-8-9-10-11-12-13-14-15-16-21-33-27(31)18-20-28(19-17-26(30)32-4)25(23-29)22-24(2)3/h24-25,29H,5-23H2,1-4H3/t25-/m0/s1. The SMILES string of the molecule is CCCCCCCCCCCCCCOC(=O)CCN(CCC(=O)OC)[C@H](CO)CC(C)C. The third kappa shape index (κ3) is 20.0. The third-order valence-corrected chi connectivity index (χ3v) is 6.17. The second kappa shape index (κ2) is 22.6. The molecule has 0 aliphatic heterocycles. The van der Waals surface area contributed by atoms with Crippen LogP contribution in [0.25, 0.3) is 0 Å². The molecule has 6 heteroatoms. The van der Waals surface area contributed by atoms with Crippen molar-refractivity contribution in [3.63, 3.8) is 0 Å². The summed E-state index contributed by atoms with van der Waals surface area (Å²) in [5.74, 6) is -0.0707. The van der Waals surface area contributed by atoms with Crippen LogP contribution in [0.15, 0.2) is 0 Å². The van der Waals surface area contributed by atoms with Crippen molar-refractivity contribution in [3.8, 4) is 0 Å². The molecule has 0 radical (unpaired) electrons. The maximum Gasteiger partial charge on any atom is 0.307 e. The van der Waals surface area contributed by atoms with E-state index in [2.05, 4.69) is 20.8 Å². The number of hydrogen-bond acceptors (Lipinski definition) is 6. The molecule has 0 amide bonds. The number of aliphatic hydroxyl groups is 1. The fourth-order valence-corrected chi connectivity index (χ4v) is 4.13. The Morgan fingerprint density at radius 3 is 1.73 bits per heavy atom. The zero-order chi connectivity index (χ0) is 24.7. The van der Waals surface area contributed by atoms with Crippen LogP contribution in [0.4, 0.5) is 0 Å². The van der Waals surface area contributed by atoms with Crippen LogP contribution in [-0.2, 0) is 19.1 Å². The monoisotopic (exact) mass is 471 g/mol. The molecule has 33 heavy (non-hydrogen) atoms. The van der Waals surface area contributed by atoms with E-state index in [0.29, 0.717) is 25.6 Å². The van der Waals surface area contributed by atoms with E-state index in [1.807, 2.05) is 4.90 Å². The highest BCUT2D eigenvalue weighted by Gasteiger charge is 2.21. The summed E-state index contributed by atoms with van der Waals surface area (Å²) < 4.78 is 10.1. The van der Waals surface area contributed by atoms with Gasteiger partial charge in [-0.15, -0.1) is 0 Å². The van der Waals surface area contributed by atoms with Gasteiger partial charge in [0.1, 0.15) is 0 Å². The maximum atomic E-state index is 12.2. The summed E-state index contributed by atoms with van der Waals surface area (Å²) in [6.45, 7) is 7.89. The van der Waals surface area contributed by atoms with E-state index in [9.17, 15) is 14.7 Å². The number of aliphatic hydroxyl groups excluding tert-OH is 1. The quantitative estimate of drug-likeness (QED) is 0.148. The second-order valence-corrected chi connectivity index (χ2v) is 9.69. The Balaban J connectivity index is 3.93. The van der Waals surface area contributed by atoms with Gasteiger partial charge in [0.15, 0.2) is 0 Å². The van der Waals surface area contributed by atoms with E-state index in [0.717, 1.165) is 19.3 Å². The Bertz CT molecular complexity index is 469. The van der Waals surface area contributed by atoms with E-state index in [4.69, 9.17) is 9.47 Å². The van der Waals surface area contributed by atoms with Gasteiger partial charge in [-0.05, 0) is 18.8 Å². The number of hydrogen-bond donors (Lipinski definition) is 1. The molecule has 0 aliphatic carbocycles. The third-order valence-electron chi connectivity index (χ3n) is 6.17. The summed E-state index contributed by atoms with van der Waals surface area (Å²) >= 11 is 0. The van der Waals surface area contributed by atoms with Crippen molar-refractivity contribution in [3.05, 3.63) is 0 Å². The fraction of sp³-hybridized carbons (Fsp3) is 0.926. The van der Waals surface area contributed by atoms with Crippen molar-refractivity contribution in [2.45, 2.75) is 123 Å². The van der Waals surface area contributed by atoms with Crippen LogP contribution in [0, 0.1) is 5.92 Å². The second-order valence-electron chi connectivity index (χ2n) is 9.69. The number of unbranched alkanes of at least 4 members (excludes halogenated alkanes) is 11. The minimum absolute atomic E-state index is 0.00720. The number of nitrogens with zero attached hydrogens (tertiary/aromatic N) is 1. The van der Waals surface area contributed by atoms with E-state index >= 15 is 0 Å². The van der Waals surface area contributed by atoms with Gasteiger partial charge in [0, 0.05) is 19.1 Å². The number of carbonyl (C=O) groups excluding carboxylic acids is 2. The lowest BCUT2D eigenvalue weighted by Gasteiger charge is -2.31. The van der Waals surface area contributed by atoms with E-state index in [-0.39, 0.29) is 37.4 Å². The first-order chi connectivity index (χ1) is 15.9. The largest absolute Gasteiger partial charge is 0.469 e. The van der Waals surface area contributed by atoms with Crippen molar-refractivity contribution < 1.29 is 24.2 Å². The molecular weight excluding hydrogens is 418 g/mol. The first-order valence-corrected chi connectivity index (χ1v) is 13.5. The molecule has 0 rings (SSSR count). The van der Waals surface area contributed by atoms with Gasteiger partial charge >= 0.3 is 11.9 Å². The van der Waals surface area contributed by atoms with Gasteiger partial charge in [-0.3, -0.25) is 14.5 Å². The number of rotatable bonds is 23. The molecule has 196 valence electrons. The lowest BCUT2D eigenvalue weighted by Crippen LogP contribution is -2.41. The molecule has 0 bridgehead atoms. The highest BCUT2D eigenvalue weighted by atomic mass is 16.5. The number of carbonyl (C=O) groups is 2. The Hall–Kier alpha value is -1.14. The first kappa shape index (κ1) is 31.9. The van der Waals surface area contributed by atoms with Crippen molar-refractivity contribution in [2.75, 3.05) is 33.4 Å². The van der Waals surface area contributed by atoms with Crippen molar-refractivity contribution in [1.82, 2.24) is 4.90 Å². The fourth-order valence-electron chi connectivity index (χ4n) is 4.13. The average molecular weight is 472 g/mol. The first-order valence-electron chi connectivity index (χ1n) is 13.5. The van der Waals surface area contributed by atoms with Crippen LogP contribution in [-0.4, -0.2) is 61.4 Å². The zero-order valence-corrected chi connectivity index (χ0v) is 22.1. The number of ether oxygens (including phenoxy) is 2. The van der Waals surface area contributed by atoms with Crippen LogP contribution in [0.1, 0.15) is 117 Å². The van der Waals surface area contributed by atoms with Gasteiger partial charge in [-0.2, -0.15) is 0 Å². The van der Waals surface area contributed by atoms with Crippen LogP contribution >= 0.6 is 0 Å². The molecule has 0 aromatic rings. The predicted molar refractivity (Wildman–Crippen MR) is 135 cm³/mol. The predicted octanol–water partition coefficient (Wildman–Crippen LogP) is 5.89. The van der Waals surface area contributed by atoms with Crippen molar-refractivity contribution in [1.29, 1.82) is 0 Å². The van der Waals surface area contributed by atoms with Crippen molar-refractivity contribution >= 4 is 11.9 Å². The zero-order valence-electron chi connectivity index (χ0n) is 22.1. The Labute approximate surface area is 203 Å². The molecule has 0 saturated carbocycles. The molecular formula is C27H53NO5. The lowest BCUT2D eigenvalue weighted by molar-refractivity contribution is -0.144. The lowest BCUT2D eigenvalue weighted by atomic mass is 10.0. The van der Waals surface area contributed by atoms with Gasteiger partial charge in [-0.1, -0.05) is 91.4 Å². The van der Waals surface area contributed by atoms with Crippen LogP contribution in [0.2, 0.25) is 0 Å². The normalized spacial score (nSPS) is 12.3. The van der Waals surface area contributed by atoms with Gasteiger partial charge in [0.05, 0.1) is 33.2 Å². The molecule has 0 spiro atoms. The summed E-state index contributed by atoms with van der Waals surface area (Å²) in [7, 11) is 1.37. The summed E-state index contributed by atoms with van der Waals surface area (Å²) in [5, 5.41) is 9.79. The molecule has 0 unspecified atom stereocenters. The summed E-state index contributed by atoms with van der Waals surface area (Å²) in [6, 6.07) is -0.0706. The Kier molecular flexibility index (Phi) is 21.9. The molecule has 6 nitrogen and oxygen atoms in total. The molecule has 0 aromatic carbocycles. The molecule has 0 aromatic heterocycles. The van der Waals surface area contributed by atoms with Crippen LogP contribution in [0.5, 0.6) is 0 Å². The molecule has 1 atom stereocenters. The average Bonchev–Trinajstić information content (AvgIpc) is 2.80. The smallest absolute Gasteiger partial charge is 0.307 e.